The molecule has 9 rings (SSSR count). The van der Waals surface area contributed by atoms with Crippen molar-refractivity contribution >= 4 is 27.6 Å². The topological polar surface area (TPSA) is 56.0 Å². The lowest BCUT2D eigenvalue weighted by molar-refractivity contribution is 1.22. The van der Waals surface area contributed by atoms with Crippen molar-refractivity contribution in [3.63, 3.8) is 0 Å². The lowest BCUT2D eigenvalue weighted by Crippen LogP contribution is -1.97. The SMILES string of the molecule is c1ccc(-c2c(-c3ccc(-c4cc(-c5ccccn5)nc(-c5ccccn5)c4)cc3)c3nc4ccccc4n3c3ccccc23)cc1. The van der Waals surface area contributed by atoms with Gasteiger partial charge in [0.05, 0.1) is 39.3 Å². The van der Waals surface area contributed by atoms with E-state index in [9.17, 15) is 0 Å². The van der Waals surface area contributed by atoms with E-state index in [1.54, 1.807) is 12.4 Å². The Bertz CT molecular complexity index is 2480. The maximum absolute atomic E-state index is 5.24. The molecule has 0 bridgehead atoms. The van der Waals surface area contributed by atoms with Gasteiger partial charge in [0.25, 0.3) is 0 Å². The van der Waals surface area contributed by atoms with E-state index >= 15 is 0 Å². The molecule has 0 aliphatic heterocycles. The van der Waals surface area contributed by atoms with Gasteiger partial charge in [-0.3, -0.25) is 14.4 Å². The van der Waals surface area contributed by atoms with E-state index in [1.807, 2.05) is 36.4 Å². The minimum atomic E-state index is 0.805. The van der Waals surface area contributed by atoms with E-state index in [1.165, 1.54) is 10.9 Å². The van der Waals surface area contributed by atoms with E-state index in [4.69, 9.17) is 9.97 Å². The summed E-state index contributed by atoms with van der Waals surface area (Å²) in [4.78, 5) is 19.4. The fourth-order valence-corrected chi connectivity index (χ4v) is 6.56. The van der Waals surface area contributed by atoms with Crippen LogP contribution < -0.4 is 0 Å². The molecule has 4 aromatic carbocycles. The van der Waals surface area contributed by atoms with Crippen molar-refractivity contribution in [3.8, 4) is 56.2 Å². The minimum Gasteiger partial charge on any atom is -0.292 e. The normalized spacial score (nSPS) is 11.4. The number of hydrogen-bond donors (Lipinski definition) is 0. The molecule has 0 atom stereocenters. The van der Waals surface area contributed by atoms with Gasteiger partial charge in [-0.25, -0.2) is 9.97 Å². The Morgan fingerprint density at radius 1 is 0.383 bits per heavy atom. The van der Waals surface area contributed by atoms with Crippen LogP contribution in [0.5, 0.6) is 0 Å². The van der Waals surface area contributed by atoms with Crippen molar-refractivity contribution in [1.29, 1.82) is 0 Å². The first kappa shape index (κ1) is 26.9. The van der Waals surface area contributed by atoms with Gasteiger partial charge in [-0.15, -0.1) is 0 Å². The zero-order valence-corrected chi connectivity index (χ0v) is 25.3. The van der Waals surface area contributed by atoms with Crippen molar-refractivity contribution in [1.82, 2.24) is 24.3 Å². The number of nitrogens with zero attached hydrogens (tertiary/aromatic N) is 5. The van der Waals surface area contributed by atoms with Crippen molar-refractivity contribution in [2.75, 3.05) is 0 Å². The molecule has 0 fully saturated rings. The summed E-state index contributed by atoms with van der Waals surface area (Å²) in [5.41, 5.74) is 14.1. The van der Waals surface area contributed by atoms with Crippen LogP contribution in [-0.2, 0) is 0 Å². The summed E-state index contributed by atoms with van der Waals surface area (Å²) >= 11 is 0. The number of pyridine rings is 4. The molecule has 0 unspecified atom stereocenters. The van der Waals surface area contributed by atoms with Gasteiger partial charge in [0.2, 0.25) is 0 Å². The molecule has 47 heavy (non-hydrogen) atoms. The third-order valence-corrected chi connectivity index (χ3v) is 8.70. The van der Waals surface area contributed by atoms with Crippen LogP contribution in [0.1, 0.15) is 0 Å². The summed E-state index contributed by atoms with van der Waals surface area (Å²) < 4.78 is 2.31. The van der Waals surface area contributed by atoms with Crippen molar-refractivity contribution < 1.29 is 0 Å². The van der Waals surface area contributed by atoms with E-state index in [-0.39, 0.29) is 0 Å². The third kappa shape index (κ3) is 4.64. The van der Waals surface area contributed by atoms with Crippen LogP contribution in [0, 0.1) is 0 Å². The van der Waals surface area contributed by atoms with Crippen LogP contribution in [0.15, 0.2) is 164 Å². The molecular formula is C42H27N5. The Hall–Kier alpha value is -6.46. The minimum absolute atomic E-state index is 0.805. The Morgan fingerprint density at radius 2 is 0.957 bits per heavy atom. The highest BCUT2D eigenvalue weighted by Gasteiger charge is 2.21. The largest absolute Gasteiger partial charge is 0.292 e. The number of aromatic nitrogens is 5. The van der Waals surface area contributed by atoms with Crippen LogP contribution in [0.4, 0.5) is 0 Å². The molecule has 0 radical (unpaired) electrons. The molecule has 0 aliphatic carbocycles. The highest BCUT2D eigenvalue weighted by atomic mass is 15.0. The second-order valence-corrected chi connectivity index (χ2v) is 11.5. The predicted octanol–water partition coefficient (Wildman–Crippen LogP) is 10.2. The summed E-state index contributed by atoms with van der Waals surface area (Å²) in [5.74, 6) is 0. The molecule has 5 aromatic heterocycles. The molecular weight excluding hydrogens is 574 g/mol. The van der Waals surface area contributed by atoms with Gasteiger partial charge in [0, 0.05) is 28.9 Å². The average molecular weight is 602 g/mol. The Balaban J connectivity index is 1.27. The van der Waals surface area contributed by atoms with E-state index in [0.29, 0.717) is 0 Å². The Labute approximate surface area is 271 Å². The summed E-state index contributed by atoms with van der Waals surface area (Å²) in [6, 6.07) is 52.5. The molecule has 0 aliphatic rings. The average Bonchev–Trinajstić information content (AvgIpc) is 3.55. The highest BCUT2D eigenvalue weighted by molar-refractivity contribution is 6.10. The van der Waals surface area contributed by atoms with Gasteiger partial charge in [-0.2, -0.15) is 0 Å². The van der Waals surface area contributed by atoms with Gasteiger partial charge in [-0.1, -0.05) is 97.1 Å². The van der Waals surface area contributed by atoms with Gasteiger partial charge in [-0.05, 0) is 76.9 Å². The Kier molecular flexibility index (Phi) is 6.39. The quantitative estimate of drug-likeness (QED) is 0.197. The lowest BCUT2D eigenvalue weighted by Gasteiger charge is -2.17. The van der Waals surface area contributed by atoms with Gasteiger partial charge in [0.1, 0.15) is 5.65 Å². The van der Waals surface area contributed by atoms with Crippen LogP contribution in [0.2, 0.25) is 0 Å². The number of para-hydroxylation sites is 3. The lowest BCUT2D eigenvalue weighted by atomic mass is 9.91. The first-order chi connectivity index (χ1) is 23.3. The zero-order valence-electron chi connectivity index (χ0n) is 25.3. The van der Waals surface area contributed by atoms with Crippen LogP contribution >= 0.6 is 0 Å². The number of hydrogen-bond acceptors (Lipinski definition) is 4. The third-order valence-electron chi connectivity index (χ3n) is 8.70. The van der Waals surface area contributed by atoms with Crippen LogP contribution in [0.3, 0.4) is 0 Å². The zero-order chi connectivity index (χ0) is 31.2. The van der Waals surface area contributed by atoms with Crippen molar-refractivity contribution in [2.24, 2.45) is 0 Å². The van der Waals surface area contributed by atoms with Gasteiger partial charge >= 0.3 is 0 Å². The van der Waals surface area contributed by atoms with E-state index in [0.717, 1.165) is 72.8 Å². The maximum Gasteiger partial charge on any atom is 0.147 e. The summed E-state index contributed by atoms with van der Waals surface area (Å²) in [6.45, 7) is 0. The number of benzene rings is 4. The van der Waals surface area contributed by atoms with Crippen LogP contribution in [0.25, 0.3) is 83.7 Å². The summed E-state index contributed by atoms with van der Waals surface area (Å²) in [7, 11) is 0. The molecule has 0 saturated carbocycles. The van der Waals surface area contributed by atoms with Gasteiger partial charge < -0.3 is 0 Å². The molecule has 0 spiro atoms. The fraction of sp³-hybridized carbons (Fsp3) is 0. The van der Waals surface area contributed by atoms with Gasteiger partial charge in [0.15, 0.2) is 0 Å². The number of fused-ring (bicyclic) bond motifs is 5. The fourth-order valence-electron chi connectivity index (χ4n) is 6.56. The standard InChI is InChI=1S/C42H27N5/c1-2-12-29(13-3-1)40-32-14-4-6-18-38(32)47-39-19-7-5-17-35(39)46-42(47)41(40)30-22-20-28(21-23-30)31-26-36(33-15-8-10-24-43-33)45-37(27-31)34-16-9-11-25-44-34/h1-27H. The molecule has 5 nitrogen and oxygen atoms in total. The molecule has 0 N–H and O–H groups in total. The summed E-state index contributed by atoms with van der Waals surface area (Å²) in [5, 5.41) is 1.18. The maximum atomic E-state index is 5.24. The molecule has 5 heterocycles. The molecule has 0 amide bonds. The molecule has 5 heteroatoms. The Morgan fingerprint density at radius 3 is 1.64 bits per heavy atom. The van der Waals surface area contributed by atoms with E-state index < -0.39 is 0 Å². The van der Waals surface area contributed by atoms with Crippen molar-refractivity contribution in [2.45, 2.75) is 0 Å². The molecule has 0 saturated heterocycles. The molecule has 9 aromatic rings. The highest BCUT2D eigenvalue weighted by Crippen LogP contribution is 2.43. The number of rotatable bonds is 5. The van der Waals surface area contributed by atoms with E-state index in [2.05, 4.69) is 130 Å². The second-order valence-electron chi connectivity index (χ2n) is 11.5. The molecule has 220 valence electrons. The first-order valence-electron chi connectivity index (χ1n) is 15.6. The smallest absolute Gasteiger partial charge is 0.147 e. The monoisotopic (exact) mass is 601 g/mol. The second kappa shape index (κ2) is 11.2. The number of imidazole rings is 1. The first-order valence-corrected chi connectivity index (χ1v) is 15.6. The van der Waals surface area contributed by atoms with Crippen molar-refractivity contribution in [3.05, 3.63) is 164 Å². The predicted molar refractivity (Wildman–Crippen MR) is 191 cm³/mol. The summed E-state index contributed by atoms with van der Waals surface area (Å²) in [6.07, 6.45) is 3.60. The van der Waals surface area contributed by atoms with Crippen LogP contribution in [-0.4, -0.2) is 24.3 Å².